The number of nitrogens with two attached hydrogens (primary N) is 1. The molecule has 4 aromatic heterocycles. The summed E-state index contributed by atoms with van der Waals surface area (Å²) in [4.78, 5) is 31.8. The molecule has 4 aromatic rings. The number of pyridine rings is 2. The highest BCUT2D eigenvalue weighted by atomic mass is 19.1. The van der Waals surface area contributed by atoms with Crippen molar-refractivity contribution in [3.05, 3.63) is 47.3 Å². The summed E-state index contributed by atoms with van der Waals surface area (Å²) in [5.41, 5.74) is 9.15. The second-order valence-corrected chi connectivity index (χ2v) is 11.3. The lowest BCUT2D eigenvalue weighted by molar-refractivity contribution is -0.211. The van der Waals surface area contributed by atoms with Crippen molar-refractivity contribution in [2.75, 3.05) is 7.11 Å². The van der Waals surface area contributed by atoms with Gasteiger partial charge in [-0.3, -0.25) is 9.20 Å². The fourth-order valence-corrected chi connectivity index (χ4v) is 6.02. The molecule has 0 saturated heterocycles. The number of primary amides is 1. The van der Waals surface area contributed by atoms with Gasteiger partial charge >= 0.3 is 5.97 Å². The van der Waals surface area contributed by atoms with Crippen LogP contribution in [0, 0.1) is 18.3 Å². The van der Waals surface area contributed by atoms with Gasteiger partial charge in [-0.2, -0.15) is 0 Å². The summed E-state index contributed by atoms with van der Waals surface area (Å²) < 4.78 is 22.3. The molecule has 0 atom stereocenters. The van der Waals surface area contributed by atoms with Crippen LogP contribution in [0.5, 0.6) is 5.88 Å². The van der Waals surface area contributed by atoms with Crippen molar-refractivity contribution in [2.45, 2.75) is 64.6 Å². The molecule has 1 amide bonds. The summed E-state index contributed by atoms with van der Waals surface area (Å²) in [6, 6.07) is 9.46. The van der Waals surface area contributed by atoms with Crippen LogP contribution in [0.2, 0.25) is 0 Å². The van der Waals surface area contributed by atoms with Gasteiger partial charge in [-0.1, -0.05) is 6.92 Å². The number of ether oxygens (including phenoxy) is 1. The number of halogens is 1. The number of carbonyl (C=O) groups excluding carboxylic acids is 1. The van der Waals surface area contributed by atoms with Gasteiger partial charge in [0.2, 0.25) is 5.91 Å². The first-order valence-electron chi connectivity index (χ1n) is 13.4. The van der Waals surface area contributed by atoms with Crippen LogP contribution in [0.4, 0.5) is 4.39 Å². The molecule has 0 spiro atoms. The van der Waals surface area contributed by atoms with E-state index in [1.54, 1.807) is 13.2 Å². The molecule has 4 saturated carbocycles. The van der Waals surface area contributed by atoms with Crippen molar-refractivity contribution < 1.29 is 23.8 Å². The highest BCUT2D eigenvalue weighted by Crippen LogP contribution is 2.69. The fraction of sp³-hybridized carbons (Fsp3) is 0.448. The second kappa shape index (κ2) is 8.79. The first-order valence-corrected chi connectivity index (χ1v) is 13.4. The van der Waals surface area contributed by atoms with Crippen LogP contribution in [0.25, 0.3) is 28.1 Å². The largest absolute Gasteiger partial charge is 0.482 e. The van der Waals surface area contributed by atoms with Crippen molar-refractivity contribution in [1.82, 2.24) is 18.9 Å². The summed E-state index contributed by atoms with van der Waals surface area (Å²) in [6.45, 7) is 5.02. The number of carbonyl (C=O) groups is 2. The third-order valence-corrected chi connectivity index (χ3v) is 8.41. The summed E-state index contributed by atoms with van der Waals surface area (Å²) in [7, 11) is 1.54. The number of hydrogen-bond acceptors (Lipinski definition) is 5. The molecular weight excluding hydrogens is 501 g/mol. The topological polar surface area (TPSA) is 125 Å². The molecule has 10 heteroatoms. The van der Waals surface area contributed by atoms with Crippen LogP contribution in [0.1, 0.15) is 60.8 Å². The van der Waals surface area contributed by atoms with Gasteiger partial charge in [0, 0.05) is 23.7 Å². The number of methoxy groups -OCH3 is 1. The summed E-state index contributed by atoms with van der Waals surface area (Å²) >= 11 is 0. The molecule has 4 fully saturated rings. The molecular formula is C29H32FN5O4. The Morgan fingerprint density at radius 2 is 1.90 bits per heavy atom. The Balaban J connectivity index is 0.000000258. The van der Waals surface area contributed by atoms with Gasteiger partial charge in [-0.05, 0) is 75.6 Å². The molecule has 8 rings (SSSR count). The molecule has 4 heterocycles. The Morgan fingerprint density at radius 1 is 1.18 bits per heavy atom. The number of fused-ring (bicyclic) bond motifs is 2. The third-order valence-electron chi connectivity index (χ3n) is 8.41. The number of rotatable bonds is 7. The van der Waals surface area contributed by atoms with E-state index in [1.165, 1.54) is 18.9 Å². The molecule has 4 aliphatic carbocycles. The smallest absolute Gasteiger partial charge is 0.336 e. The van der Waals surface area contributed by atoms with Gasteiger partial charge in [-0.25, -0.2) is 19.2 Å². The van der Waals surface area contributed by atoms with Crippen LogP contribution in [-0.2, 0) is 17.8 Å². The molecule has 0 radical (unpaired) electrons. The van der Waals surface area contributed by atoms with Crippen molar-refractivity contribution in [3.8, 4) is 17.3 Å². The zero-order chi connectivity index (χ0) is 27.7. The van der Waals surface area contributed by atoms with Crippen molar-refractivity contribution in [3.63, 3.8) is 0 Å². The van der Waals surface area contributed by atoms with Crippen LogP contribution in [-0.4, -0.2) is 48.7 Å². The molecule has 0 aliphatic heterocycles. The lowest BCUT2D eigenvalue weighted by Gasteiger charge is -2.63. The molecule has 9 nitrogen and oxygen atoms in total. The predicted octanol–water partition coefficient (Wildman–Crippen LogP) is 4.70. The van der Waals surface area contributed by atoms with Crippen molar-refractivity contribution >= 4 is 28.6 Å². The Morgan fingerprint density at radius 3 is 2.44 bits per heavy atom. The van der Waals surface area contributed by atoms with E-state index in [4.69, 9.17) is 20.4 Å². The molecule has 2 bridgehead atoms. The van der Waals surface area contributed by atoms with E-state index in [0.29, 0.717) is 36.7 Å². The summed E-state index contributed by atoms with van der Waals surface area (Å²) in [5.74, 6) is -0.187. The number of carboxylic acid groups (broad SMARTS) is 1. The molecule has 4 aliphatic rings. The van der Waals surface area contributed by atoms with E-state index in [0.717, 1.165) is 46.8 Å². The van der Waals surface area contributed by atoms with Crippen molar-refractivity contribution in [1.29, 1.82) is 0 Å². The van der Waals surface area contributed by atoms with Crippen molar-refractivity contribution in [2.24, 2.45) is 17.1 Å². The van der Waals surface area contributed by atoms with Crippen LogP contribution >= 0.6 is 0 Å². The molecule has 204 valence electrons. The number of alkyl halides is 1. The van der Waals surface area contributed by atoms with Gasteiger partial charge < -0.3 is 20.1 Å². The van der Waals surface area contributed by atoms with Crippen LogP contribution in [0.15, 0.2) is 30.3 Å². The SMILES string of the molecule is CCc1ccc2cc(-c3nc4cc(C(=O)O)cc(OC)n4c3C)n(CC3CC3)c2n1.NC(=O)C12CC(F)(C1)C2. The Hall–Kier alpha value is -3.95. The maximum Gasteiger partial charge on any atom is 0.336 e. The predicted molar refractivity (Wildman–Crippen MR) is 144 cm³/mol. The first-order chi connectivity index (χ1) is 18.6. The van der Waals surface area contributed by atoms with E-state index >= 15 is 0 Å². The number of carboxylic acids is 1. The zero-order valence-corrected chi connectivity index (χ0v) is 22.3. The van der Waals surface area contributed by atoms with Gasteiger partial charge in [0.05, 0.1) is 29.5 Å². The maximum absolute atomic E-state index is 12.7. The first kappa shape index (κ1) is 25.3. The lowest BCUT2D eigenvalue weighted by atomic mass is 9.42. The molecule has 0 unspecified atom stereocenters. The summed E-state index contributed by atoms with van der Waals surface area (Å²) in [6.07, 6.45) is 4.53. The fourth-order valence-electron chi connectivity index (χ4n) is 6.02. The monoisotopic (exact) mass is 533 g/mol. The standard InChI is InChI=1S/C23H24N4O3.C6H8FNO/c1-4-17-8-7-15-9-18(26(22(15)24-17)12-14-5-6-14)21-13(2)27-19(25-21)10-16(23(28)29)11-20(27)30-3;7-6-1-5(2-6,3-6)4(8)9/h7-11,14H,4-6,12H2,1-3H3,(H,28,29);1-3H2,(H2,8,9). The van der Waals surface area contributed by atoms with E-state index in [2.05, 4.69) is 29.7 Å². The average Bonchev–Trinajstić information content (AvgIpc) is 3.55. The number of aryl methyl sites for hydroxylation is 2. The Bertz CT molecular complexity index is 1630. The van der Waals surface area contributed by atoms with Gasteiger partial charge in [-0.15, -0.1) is 0 Å². The normalized spacial score (nSPS) is 23.1. The van der Waals surface area contributed by atoms with E-state index in [1.807, 2.05) is 11.3 Å². The zero-order valence-electron chi connectivity index (χ0n) is 22.3. The highest BCUT2D eigenvalue weighted by molar-refractivity contribution is 5.90. The summed E-state index contributed by atoms with van der Waals surface area (Å²) in [5, 5.41) is 10.5. The van der Waals surface area contributed by atoms with E-state index in [9.17, 15) is 19.1 Å². The van der Waals surface area contributed by atoms with Gasteiger partial charge in [0.1, 0.15) is 22.7 Å². The molecule has 0 aromatic carbocycles. The number of hydrogen-bond donors (Lipinski definition) is 2. The van der Waals surface area contributed by atoms with Gasteiger partial charge in [0.25, 0.3) is 0 Å². The number of amides is 1. The van der Waals surface area contributed by atoms with Gasteiger partial charge in [0.15, 0.2) is 5.88 Å². The van der Waals surface area contributed by atoms with Crippen LogP contribution < -0.4 is 10.5 Å². The minimum Gasteiger partial charge on any atom is -0.482 e. The maximum atomic E-state index is 12.7. The number of nitrogens with zero attached hydrogens (tertiary/aromatic N) is 4. The van der Waals surface area contributed by atoms with E-state index < -0.39 is 17.1 Å². The second-order valence-electron chi connectivity index (χ2n) is 11.3. The minimum absolute atomic E-state index is 0.156. The average molecular weight is 534 g/mol. The number of imidazole rings is 1. The Labute approximate surface area is 224 Å². The quantitative estimate of drug-likeness (QED) is 0.355. The van der Waals surface area contributed by atoms with E-state index in [-0.39, 0.29) is 11.5 Å². The minimum atomic E-state index is -1.00. The molecule has 39 heavy (non-hydrogen) atoms. The third kappa shape index (κ3) is 4.13. The van der Waals surface area contributed by atoms with Crippen LogP contribution in [0.3, 0.4) is 0 Å². The Kier molecular flexibility index (Phi) is 5.71. The highest BCUT2D eigenvalue weighted by Gasteiger charge is 2.72. The number of aromatic carboxylic acids is 1. The lowest BCUT2D eigenvalue weighted by Crippen LogP contribution is -2.69. The molecule has 3 N–H and O–H groups in total. The number of aromatic nitrogens is 4.